The molecule has 23 heavy (non-hydrogen) atoms. The monoisotopic (exact) mass is 351 g/mol. The largest absolute Gasteiger partial charge is 0.346 e. The van der Waals surface area contributed by atoms with Crippen molar-refractivity contribution < 1.29 is 4.79 Å². The molecule has 6 heteroatoms. The summed E-state index contributed by atoms with van der Waals surface area (Å²) in [6.07, 6.45) is 3.29. The third-order valence-corrected chi connectivity index (χ3v) is 4.32. The molecule has 4 nitrogen and oxygen atoms in total. The maximum atomic E-state index is 12.1. The molecule has 1 heterocycles. The number of nitrogens with one attached hydrogen (secondary N) is 1. The number of carbonyl (C=O) groups excluding carboxylic acids is 1. The predicted molar refractivity (Wildman–Crippen MR) is 94.7 cm³/mol. The van der Waals surface area contributed by atoms with Gasteiger partial charge in [0.05, 0.1) is 11.7 Å². The van der Waals surface area contributed by atoms with E-state index >= 15 is 0 Å². The second-order valence-corrected chi connectivity index (χ2v) is 6.28. The Bertz CT molecular complexity index is 765. The second kappa shape index (κ2) is 7.20. The van der Waals surface area contributed by atoms with E-state index < -0.39 is 0 Å². The van der Waals surface area contributed by atoms with Gasteiger partial charge in [-0.2, -0.15) is 5.10 Å². The number of aromatic nitrogens is 2. The van der Waals surface area contributed by atoms with Crippen molar-refractivity contribution in [3.05, 3.63) is 56.8 Å². The van der Waals surface area contributed by atoms with Crippen LogP contribution in [-0.4, -0.2) is 15.7 Å². The van der Waals surface area contributed by atoms with E-state index in [1.165, 1.54) is 6.08 Å². The van der Waals surface area contributed by atoms with Crippen molar-refractivity contribution in [3.63, 3.8) is 0 Å². The molecule has 0 saturated carbocycles. The zero-order valence-corrected chi connectivity index (χ0v) is 15.0. The smallest absolute Gasteiger partial charge is 0.244 e. The van der Waals surface area contributed by atoms with Crippen LogP contribution in [0.2, 0.25) is 10.0 Å². The fraction of sp³-hybridized carbons (Fsp3) is 0.294. The fourth-order valence-corrected chi connectivity index (χ4v) is 2.95. The molecule has 0 aliphatic rings. The zero-order valence-electron chi connectivity index (χ0n) is 13.5. The van der Waals surface area contributed by atoms with Crippen LogP contribution in [0.4, 0.5) is 0 Å². The van der Waals surface area contributed by atoms with E-state index in [1.807, 2.05) is 33.9 Å². The molecule has 0 aliphatic carbocycles. The van der Waals surface area contributed by atoms with Crippen LogP contribution in [0.3, 0.4) is 0 Å². The Hall–Kier alpha value is -1.78. The molecule has 1 N–H and O–H groups in total. The van der Waals surface area contributed by atoms with E-state index in [0.717, 1.165) is 22.5 Å². The summed E-state index contributed by atoms with van der Waals surface area (Å²) in [5.41, 5.74) is 3.69. The van der Waals surface area contributed by atoms with Crippen LogP contribution in [0.25, 0.3) is 6.08 Å². The van der Waals surface area contributed by atoms with Crippen molar-refractivity contribution in [1.82, 2.24) is 15.1 Å². The number of hydrogen-bond acceptors (Lipinski definition) is 2. The molecule has 122 valence electrons. The molecule has 2 aromatic rings. The van der Waals surface area contributed by atoms with Crippen LogP contribution >= 0.6 is 23.2 Å². The molecule has 0 aliphatic heterocycles. The average Bonchev–Trinajstić information content (AvgIpc) is 2.70. The first-order valence-corrected chi connectivity index (χ1v) is 7.99. The Morgan fingerprint density at radius 3 is 2.61 bits per heavy atom. The highest BCUT2D eigenvalue weighted by molar-refractivity contribution is 6.35. The molecule has 0 bridgehead atoms. The molecule has 0 spiro atoms. The van der Waals surface area contributed by atoms with Crippen LogP contribution in [0.5, 0.6) is 0 Å². The van der Waals surface area contributed by atoms with E-state index in [9.17, 15) is 4.79 Å². The highest BCUT2D eigenvalue weighted by Crippen LogP contribution is 2.26. The lowest BCUT2D eigenvalue weighted by molar-refractivity contribution is -0.117. The van der Waals surface area contributed by atoms with E-state index in [1.54, 1.807) is 22.9 Å². The minimum absolute atomic E-state index is 0.189. The van der Waals surface area contributed by atoms with Gasteiger partial charge < -0.3 is 5.32 Å². The van der Waals surface area contributed by atoms with Gasteiger partial charge in [0.25, 0.3) is 0 Å². The molecule has 1 aromatic carbocycles. The normalized spacial score (nSPS) is 12.6. The number of aryl methyl sites for hydroxylation is 2. The number of carbonyl (C=O) groups is 1. The summed E-state index contributed by atoms with van der Waals surface area (Å²) in [6, 6.07) is 5.02. The van der Waals surface area contributed by atoms with Gasteiger partial charge in [-0.1, -0.05) is 29.3 Å². The molecular formula is C17H19Cl2N3O. The molecule has 2 rings (SSSR count). The fourth-order valence-electron chi connectivity index (χ4n) is 2.38. The van der Waals surface area contributed by atoms with Crippen LogP contribution in [0.15, 0.2) is 24.3 Å². The Labute approximate surface area is 146 Å². The Balaban J connectivity index is 2.08. The highest BCUT2D eigenvalue weighted by atomic mass is 35.5. The summed E-state index contributed by atoms with van der Waals surface area (Å²) in [5.74, 6) is -0.189. The summed E-state index contributed by atoms with van der Waals surface area (Å²) in [5, 5.41) is 8.32. The van der Waals surface area contributed by atoms with Gasteiger partial charge >= 0.3 is 0 Å². The van der Waals surface area contributed by atoms with Crippen molar-refractivity contribution in [3.8, 4) is 0 Å². The van der Waals surface area contributed by atoms with Gasteiger partial charge in [0, 0.05) is 34.4 Å². The van der Waals surface area contributed by atoms with Gasteiger partial charge in [0.15, 0.2) is 0 Å². The van der Waals surface area contributed by atoms with Crippen LogP contribution < -0.4 is 5.32 Å². The summed E-state index contributed by atoms with van der Waals surface area (Å²) < 4.78 is 1.79. The summed E-state index contributed by atoms with van der Waals surface area (Å²) >= 11 is 12.0. The van der Waals surface area contributed by atoms with Crippen molar-refractivity contribution in [2.75, 3.05) is 0 Å². The number of amides is 1. The zero-order chi connectivity index (χ0) is 17.1. The minimum atomic E-state index is -0.215. The Morgan fingerprint density at radius 2 is 2.04 bits per heavy atom. The summed E-state index contributed by atoms with van der Waals surface area (Å²) in [7, 11) is 1.88. The maximum absolute atomic E-state index is 12.1. The maximum Gasteiger partial charge on any atom is 0.244 e. The van der Waals surface area contributed by atoms with Gasteiger partial charge in [0.1, 0.15) is 0 Å². The first-order valence-electron chi connectivity index (χ1n) is 7.23. The van der Waals surface area contributed by atoms with Crippen LogP contribution in [0, 0.1) is 13.8 Å². The van der Waals surface area contributed by atoms with E-state index in [0.29, 0.717) is 10.0 Å². The molecule has 0 radical (unpaired) electrons. The molecule has 0 fully saturated rings. The van der Waals surface area contributed by atoms with Gasteiger partial charge in [0.2, 0.25) is 5.91 Å². The van der Waals surface area contributed by atoms with Crippen molar-refractivity contribution >= 4 is 35.2 Å². The molecule has 1 unspecified atom stereocenters. The van der Waals surface area contributed by atoms with Crippen molar-refractivity contribution in [2.24, 2.45) is 7.05 Å². The molecule has 0 saturated heterocycles. The van der Waals surface area contributed by atoms with E-state index in [-0.39, 0.29) is 11.9 Å². The van der Waals surface area contributed by atoms with Gasteiger partial charge in [-0.3, -0.25) is 9.48 Å². The average molecular weight is 352 g/mol. The minimum Gasteiger partial charge on any atom is -0.346 e. The van der Waals surface area contributed by atoms with Crippen molar-refractivity contribution in [2.45, 2.75) is 26.8 Å². The summed E-state index contributed by atoms with van der Waals surface area (Å²) in [6.45, 7) is 5.76. The predicted octanol–water partition coefficient (Wildman–Crippen LogP) is 4.23. The second-order valence-electron chi connectivity index (χ2n) is 5.44. The number of benzene rings is 1. The topological polar surface area (TPSA) is 46.9 Å². The number of nitrogens with zero attached hydrogens (tertiary/aromatic N) is 2. The lowest BCUT2D eigenvalue weighted by atomic mass is 10.1. The molecule has 1 aromatic heterocycles. The van der Waals surface area contributed by atoms with Gasteiger partial charge in [-0.05, 0) is 44.5 Å². The first-order chi connectivity index (χ1) is 10.8. The van der Waals surface area contributed by atoms with E-state index in [2.05, 4.69) is 10.4 Å². The van der Waals surface area contributed by atoms with Gasteiger partial charge in [-0.25, -0.2) is 0 Å². The Kier molecular flexibility index (Phi) is 5.50. The molecule has 1 atom stereocenters. The number of hydrogen-bond donors (Lipinski definition) is 1. The number of rotatable bonds is 4. The Morgan fingerprint density at radius 1 is 1.35 bits per heavy atom. The number of halogens is 2. The standard InChI is InChI=1S/C17H19Cl2N3O/c1-10(15-6-5-13(18)9-16(15)19)20-17(23)8-7-14-11(2)21-22(4)12(14)3/h5-10H,1-4H3,(H,20,23). The highest BCUT2D eigenvalue weighted by Gasteiger charge is 2.12. The van der Waals surface area contributed by atoms with Crippen LogP contribution in [-0.2, 0) is 11.8 Å². The quantitative estimate of drug-likeness (QED) is 0.837. The van der Waals surface area contributed by atoms with E-state index in [4.69, 9.17) is 23.2 Å². The molecule has 1 amide bonds. The molecular weight excluding hydrogens is 333 g/mol. The third kappa shape index (κ3) is 4.15. The van der Waals surface area contributed by atoms with Crippen LogP contribution in [0.1, 0.15) is 35.5 Å². The lowest BCUT2D eigenvalue weighted by Crippen LogP contribution is -2.24. The van der Waals surface area contributed by atoms with Gasteiger partial charge in [-0.15, -0.1) is 0 Å². The third-order valence-electron chi connectivity index (χ3n) is 3.75. The lowest BCUT2D eigenvalue weighted by Gasteiger charge is -2.14. The SMILES string of the molecule is Cc1nn(C)c(C)c1C=CC(=O)NC(C)c1ccc(Cl)cc1Cl. The first kappa shape index (κ1) is 17.6. The summed E-state index contributed by atoms with van der Waals surface area (Å²) in [4.78, 5) is 12.1. The van der Waals surface area contributed by atoms with Crippen molar-refractivity contribution in [1.29, 1.82) is 0 Å².